The van der Waals surface area contributed by atoms with Crippen LogP contribution in [-0.2, 0) is 13.0 Å². The highest BCUT2D eigenvalue weighted by atomic mass is 127. The molecule has 1 aromatic carbocycles. The molecule has 24 heavy (non-hydrogen) atoms. The molecule has 0 unspecified atom stereocenters. The second-order valence-corrected chi connectivity index (χ2v) is 6.58. The fraction of sp³-hybridized carbons (Fsp3) is 0.278. The molecule has 0 spiro atoms. The van der Waals surface area contributed by atoms with Crippen molar-refractivity contribution in [2.45, 2.75) is 19.9 Å². The van der Waals surface area contributed by atoms with Gasteiger partial charge in [0.05, 0.1) is 6.54 Å². The Balaban J connectivity index is 0.00000208. The van der Waals surface area contributed by atoms with E-state index in [0.29, 0.717) is 0 Å². The van der Waals surface area contributed by atoms with E-state index in [4.69, 9.17) is 0 Å². The number of halogens is 1. The first-order chi connectivity index (χ1) is 11.3. The van der Waals surface area contributed by atoms with Crippen molar-refractivity contribution in [1.29, 1.82) is 0 Å². The Morgan fingerprint density at radius 2 is 2.12 bits per heavy atom. The molecule has 4 nitrogen and oxygen atoms in total. The van der Waals surface area contributed by atoms with E-state index in [2.05, 4.69) is 69.4 Å². The van der Waals surface area contributed by atoms with Crippen LogP contribution in [0.15, 0.2) is 46.9 Å². The molecule has 0 fully saturated rings. The predicted molar refractivity (Wildman–Crippen MR) is 115 cm³/mol. The summed E-state index contributed by atoms with van der Waals surface area (Å²) in [5.41, 5.74) is 3.82. The van der Waals surface area contributed by atoms with Gasteiger partial charge in [-0.05, 0) is 42.0 Å². The van der Waals surface area contributed by atoms with Crippen molar-refractivity contribution >= 4 is 52.2 Å². The Bertz CT molecular complexity index is 793. The highest BCUT2D eigenvalue weighted by Crippen LogP contribution is 2.19. The maximum atomic E-state index is 4.27. The number of guanidine groups is 1. The summed E-state index contributed by atoms with van der Waals surface area (Å²) < 4.78 is 0. The van der Waals surface area contributed by atoms with E-state index in [1.807, 2.05) is 0 Å². The number of hydrogen-bond donors (Lipinski definition) is 3. The monoisotopic (exact) mass is 454 g/mol. The van der Waals surface area contributed by atoms with Gasteiger partial charge < -0.3 is 15.6 Å². The lowest BCUT2D eigenvalue weighted by Gasteiger charge is -2.11. The summed E-state index contributed by atoms with van der Waals surface area (Å²) in [4.78, 5) is 8.93. The number of nitrogens with zero attached hydrogens (tertiary/aromatic N) is 1. The Morgan fingerprint density at radius 3 is 2.88 bits per heavy atom. The number of hydrogen-bond acceptors (Lipinski definition) is 2. The summed E-state index contributed by atoms with van der Waals surface area (Å²) in [6, 6.07) is 10.7. The zero-order valence-electron chi connectivity index (χ0n) is 13.9. The topological polar surface area (TPSA) is 52.2 Å². The van der Waals surface area contributed by atoms with E-state index in [0.717, 1.165) is 25.5 Å². The molecule has 2 heterocycles. The Morgan fingerprint density at radius 1 is 1.25 bits per heavy atom. The third-order valence-corrected chi connectivity index (χ3v) is 4.72. The lowest BCUT2D eigenvalue weighted by atomic mass is 10.1. The molecular weight excluding hydrogens is 431 g/mol. The van der Waals surface area contributed by atoms with Crippen molar-refractivity contribution in [3.05, 3.63) is 57.9 Å². The van der Waals surface area contributed by atoms with E-state index < -0.39 is 0 Å². The van der Waals surface area contributed by atoms with Gasteiger partial charge in [-0.25, -0.2) is 0 Å². The van der Waals surface area contributed by atoms with Gasteiger partial charge >= 0.3 is 0 Å². The molecule has 0 saturated heterocycles. The van der Waals surface area contributed by atoms with Crippen molar-refractivity contribution in [3.63, 3.8) is 0 Å². The maximum Gasteiger partial charge on any atom is 0.191 e. The van der Waals surface area contributed by atoms with Crippen LogP contribution in [0.2, 0.25) is 0 Å². The number of fused-ring (bicyclic) bond motifs is 1. The zero-order valence-corrected chi connectivity index (χ0v) is 17.1. The average Bonchev–Trinajstić information content (AvgIpc) is 3.20. The smallest absolute Gasteiger partial charge is 0.191 e. The molecule has 0 aliphatic carbocycles. The van der Waals surface area contributed by atoms with Gasteiger partial charge in [-0.15, -0.1) is 35.3 Å². The fourth-order valence-electron chi connectivity index (χ4n) is 2.63. The van der Waals surface area contributed by atoms with Crippen LogP contribution in [0.3, 0.4) is 0 Å². The van der Waals surface area contributed by atoms with Crippen molar-refractivity contribution in [3.8, 4) is 0 Å². The lowest BCUT2D eigenvalue weighted by Crippen LogP contribution is -2.37. The summed E-state index contributed by atoms with van der Waals surface area (Å²) in [5, 5.41) is 10.1. The number of aliphatic imine (C=N–C) groups is 1. The Labute approximate surface area is 163 Å². The molecule has 0 atom stereocenters. The van der Waals surface area contributed by atoms with Gasteiger partial charge in [0.25, 0.3) is 0 Å². The lowest BCUT2D eigenvalue weighted by molar-refractivity contribution is 0.801. The third kappa shape index (κ3) is 4.73. The molecule has 6 heteroatoms. The number of benzene rings is 1. The molecule has 128 valence electrons. The van der Waals surface area contributed by atoms with Crippen LogP contribution in [-0.4, -0.2) is 24.5 Å². The standard InChI is InChI=1S/C18H22N4S.HI/c1-13-5-6-16-14(11-21-17(16)10-13)7-8-20-18(19-2)22-12-15-4-3-9-23-15;/h3-6,9-11,21H,7-8,12H2,1-2H3,(H2,19,20,22);1H. The Kier molecular flexibility index (Phi) is 7.11. The molecule has 0 aliphatic rings. The second-order valence-electron chi connectivity index (χ2n) is 5.54. The van der Waals surface area contributed by atoms with E-state index in [-0.39, 0.29) is 24.0 Å². The van der Waals surface area contributed by atoms with Gasteiger partial charge in [0.2, 0.25) is 0 Å². The van der Waals surface area contributed by atoms with Crippen molar-refractivity contribution in [2.75, 3.05) is 13.6 Å². The summed E-state index contributed by atoms with van der Waals surface area (Å²) in [6.45, 7) is 3.78. The minimum absolute atomic E-state index is 0. The van der Waals surface area contributed by atoms with Crippen LogP contribution in [0.4, 0.5) is 0 Å². The molecule has 3 aromatic rings. The van der Waals surface area contributed by atoms with Gasteiger partial charge in [0, 0.05) is 35.6 Å². The molecule has 0 radical (unpaired) electrons. The molecule has 3 N–H and O–H groups in total. The van der Waals surface area contributed by atoms with E-state index in [1.165, 1.54) is 26.9 Å². The van der Waals surface area contributed by atoms with Crippen LogP contribution in [0, 0.1) is 6.92 Å². The second kappa shape index (κ2) is 9.08. The maximum absolute atomic E-state index is 4.27. The largest absolute Gasteiger partial charge is 0.361 e. The zero-order chi connectivity index (χ0) is 16.1. The third-order valence-electron chi connectivity index (χ3n) is 3.84. The summed E-state index contributed by atoms with van der Waals surface area (Å²) in [6.07, 6.45) is 3.07. The van der Waals surface area contributed by atoms with E-state index >= 15 is 0 Å². The number of H-pyrrole nitrogens is 1. The number of aromatic nitrogens is 1. The molecule has 0 aliphatic heterocycles. The molecule has 0 saturated carbocycles. The van der Waals surface area contributed by atoms with E-state index in [9.17, 15) is 0 Å². The van der Waals surface area contributed by atoms with E-state index in [1.54, 1.807) is 18.4 Å². The highest BCUT2D eigenvalue weighted by molar-refractivity contribution is 14.0. The van der Waals surface area contributed by atoms with Crippen LogP contribution in [0.5, 0.6) is 0 Å². The molecule has 0 bridgehead atoms. The van der Waals surface area contributed by atoms with Crippen LogP contribution < -0.4 is 10.6 Å². The predicted octanol–water partition coefficient (Wildman–Crippen LogP) is 4.06. The molecule has 3 rings (SSSR count). The number of nitrogens with one attached hydrogen (secondary N) is 3. The van der Waals surface area contributed by atoms with Gasteiger partial charge in [-0.3, -0.25) is 4.99 Å². The van der Waals surface area contributed by atoms with Crippen molar-refractivity contribution < 1.29 is 0 Å². The van der Waals surface area contributed by atoms with Crippen LogP contribution >= 0.6 is 35.3 Å². The van der Waals surface area contributed by atoms with Crippen molar-refractivity contribution in [2.24, 2.45) is 4.99 Å². The number of aryl methyl sites for hydroxylation is 1. The minimum atomic E-state index is 0. The number of rotatable bonds is 5. The minimum Gasteiger partial charge on any atom is -0.361 e. The van der Waals surface area contributed by atoms with Gasteiger partial charge in [0.15, 0.2) is 5.96 Å². The average molecular weight is 454 g/mol. The normalized spacial score (nSPS) is 11.3. The summed E-state index contributed by atoms with van der Waals surface area (Å²) in [5.74, 6) is 0.842. The number of aromatic amines is 1. The van der Waals surface area contributed by atoms with Gasteiger partial charge in [0.1, 0.15) is 0 Å². The fourth-order valence-corrected chi connectivity index (χ4v) is 3.27. The molecule has 0 amide bonds. The van der Waals surface area contributed by atoms with Crippen LogP contribution in [0.25, 0.3) is 10.9 Å². The van der Waals surface area contributed by atoms with Gasteiger partial charge in [-0.1, -0.05) is 18.2 Å². The van der Waals surface area contributed by atoms with Crippen LogP contribution in [0.1, 0.15) is 16.0 Å². The first-order valence-electron chi connectivity index (χ1n) is 7.80. The first-order valence-corrected chi connectivity index (χ1v) is 8.68. The van der Waals surface area contributed by atoms with Crippen molar-refractivity contribution in [1.82, 2.24) is 15.6 Å². The Hall–Kier alpha value is -1.54. The quantitative estimate of drug-likeness (QED) is 0.310. The highest BCUT2D eigenvalue weighted by Gasteiger charge is 2.04. The summed E-state index contributed by atoms with van der Waals surface area (Å²) in [7, 11) is 1.80. The SMILES string of the molecule is CN=C(NCCc1c[nH]c2cc(C)ccc12)NCc1cccs1.I. The van der Waals surface area contributed by atoms with Gasteiger partial charge in [-0.2, -0.15) is 0 Å². The molecular formula is C18H23IN4S. The molecule has 2 aromatic heterocycles. The summed E-state index contributed by atoms with van der Waals surface area (Å²) >= 11 is 1.75. The first kappa shape index (κ1) is 18.8. The number of thiophene rings is 1.